The standard InChI is InChI=1S/C12H11BN2O2/c1-2-17-12(16)11-7-10(14-15-11)8-3-5-9(13)6-4-8/h3-7H,2H2,1H3,(H,14,15). The second-order valence-electron chi connectivity index (χ2n) is 3.51. The average molecular weight is 226 g/mol. The van der Waals surface area contributed by atoms with Crippen LogP contribution in [-0.2, 0) is 4.74 Å². The number of carbonyl (C=O) groups excluding carboxylic acids is 1. The summed E-state index contributed by atoms with van der Waals surface area (Å²) in [5, 5.41) is 6.70. The van der Waals surface area contributed by atoms with Crippen LogP contribution in [0.3, 0.4) is 0 Å². The number of rotatable bonds is 3. The van der Waals surface area contributed by atoms with Gasteiger partial charge in [0.25, 0.3) is 0 Å². The summed E-state index contributed by atoms with van der Waals surface area (Å²) in [5.74, 6) is -0.401. The van der Waals surface area contributed by atoms with E-state index in [9.17, 15) is 4.79 Å². The van der Waals surface area contributed by atoms with Crippen LogP contribution >= 0.6 is 0 Å². The van der Waals surface area contributed by atoms with E-state index >= 15 is 0 Å². The van der Waals surface area contributed by atoms with Gasteiger partial charge in [0.1, 0.15) is 13.5 Å². The van der Waals surface area contributed by atoms with Crippen molar-refractivity contribution in [3.8, 4) is 11.3 Å². The molecule has 17 heavy (non-hydrogen) atoms. The van der Waals surface area contributed by atoms with Gasteiger partial charge in [-0.15, -0.1) is 0 Å². The molecule has 4 nitrogen and oxygen atoms in total. The molecule has 0 amide bonds. The lowest BCUT2D eigenvalue weighted by atomic mass is 9.95. The molecule has 2 aromatic rings. The quantitative estimate of drug-likeness (QED) is 0.628. The first-order valence-corrected chi connectivity index (χ1v) is 5.29. The van der Waals surface area contributed by atoms with Gasteiger partial charge in [-0.25, -0.2) is 4.79 Å². The fraction of sp³-hybridized carbons (Fsp3) is 0.167. The van der Waals surface area contributed by atoms with Gasteiger partial charge >= 0.3 is 5.97 Å². The van der Waals surface area contributed by atoms with E-state index < -0.39 is 5.97 Å². The topological polar surface area (TPSA) is 55.0 Å². The van der Waals surface area contributed by atoms with Gasteiger partial charge in [-0.2, -0.15) is 5.10 Å². The Bertz CT molecular complexity index is 520. The van der Waals surface area contributed by atoms with Crippen molar-refractivity contribution in [3.63, 3.8) is 0 Å². The molecule has 1 aromatic heterocycles. The molecule has 5 heteroatoms. The minimum absolute atomic E-state index is 0.342. The van der Waals surface area contributed by atoms with Gasteiger partial charge < -0.3 is 4.74 Å². The lowest BCUT2D eigenvalue weighted by Crippen LogP contribution is -2.04. The molecule has 1 heterocycles. The number of ether oxygens (including phenoxy) is 1. The molecular weight excluding hydrogens is 215 g/mol. The highest BCUT2D eigenvalue weighted by atomic mass is 16.5. The van der Waals surface area contributed by atoms with Crippen molar-refractivity contribution in [3.05, 3.63) is 36.0 Å². The maximum absolute atomic E-state index is 11.4. The lowest BCUT2D eigenvalue weighted by molar-refractivity contribution is 0.0519. The smallest absolute Gasteiger partial charge is 0.356 e. The van der Waals surface area contributed by atoms with Crippen molar-refractivity contribution in [2.24, 2.45) is 0 Å². The van der Waals surface area contributed by atoms with Gasteiger partial charge in [0, 0.05) is 5.56 Å². The molecule has 0 aliphatic carbocycles. The highest BCUT2D eigenvalue weighted by Crippen LogP contribution is 2.16. The molecule has 1 N–H and O–H groups in total. The molecule has 0 atom stereocenters. The van der Waals surface area contributed by atoms with Crippen LogP contribution in [0.4, 0.5) is 0 Å². The summed E-state index contributed by atoms with van der Waals surface area (Å²) >= 11 is 0. The number of hydrogen-bond donors (Lipinski definition) is 1. The number of H-pyrrole nitrogens is 1. The maximum atomic E-state index is 11.4. The first kappa shape index (κ1) is 11.5. The second-order valence-corrected chi connectivity index (χ2v) is 3.51. The third-order valence-electron chi connectivity index (χ3n) is 2.28. The fourth-order valence-corrected chi connectivity index (χ4v) is 1.44. The molecule has 0 aliphatic heterocycles. The average Bonchev–Trinajstić information content (AvgIpc) is 2.80. The molecule has 2 rings (SSSR count). The number of hydrogen-bond acceptors (Lipinski definition) is 3. The van der Waals surface area contributed by atoms with Crippen LogP contribution in [0.25, 0.3) is 11.3 Å². The normalized spacial score (nSPS) is 10.2. The van der Waals surface area contributed by atoms with E-state index in [0.717, 1.165) is 5.56 Å². The zero-order valence-electron chi connectivity index (χ0n) is 9.43. The number of esters is 1. The summed E-state index contributed by atoms with van der Waals surface area (Å²) in [6.45, 7) is 2.10. The third kappa shape index (κ3) is 2.56. The number of aromatic nitrogens is 2. The van der Waals surface area contributed by atoms with E-state index in [0.29, 0.717) is 23.5 Å². The van der Waals surface area contributed by atoms with E-state index in [4.69, 9.17) is 12.6 Å². The monoisotopic (exact) mass is 226 g/mol. The highest BCUT2D eigenvalue weighted by molar-refractivity contribution is 6.32. The van der Waals surface area contributed by atoms with Crippen LogP contribution in [0.15, 0.2) is 30.3 Å². The van der Waals surface area contributed by atoms with Crippen LogP contribution in [0.5, 0.6) is 0 Å². The van der Waals surface area contributed by atoms with Gasteiger partial charge in [-0.05, 0) is 13.0 Å². The van der Waals surface area contributed by atoms with E-state index in [1.54, 1.807) is 25.1 Å². The maximum Gasteiger partial charge on any atom is 0.356 e. The summed E-state index contributed by atoms with van der Waals surface area (Å²) in [7, 11) is 5.60. The van der Waals surface area contributed by atoms with Gasteiger partial charge in [0.15, 0.2) is 0 Å². The van der Waals surface area contributed by atoms with Gasteiger partial charge in [-0.1, -0.05) is 29.7 Å². The molecule has 0 bridgehead atoms. The van der Waals surface area contributed by atoms with Crippen molar-refractivity contribution in [1.82, 2.24) is 10.2 Å². The number of aromatic amines is 1. The van der Waals surface area contributed by atoms with Crippen LogP contribution in [-0.4, -0.2) is 30.6 Å². The molecule has 0 spiro atoms. The Morgan fingerprint density at radius 3 is 2.76 bits per heavy atom. The summed E-state index contributed by atoms with van der Waals surface area (Å²) in [6.07, 6.45) is 0. The first-order valence-electron chi connectivity index (χ1n) is 5.29. The Balaban J connectivity index is 2.23. The molecule has 0 saturated carbocycles. The van der Waals surface area contributed by atoms with E-state index in [1.807, 2.05) is 12.1 Å². The highest BCUT2D eigenvalue weighted by Gasteiger charge is 2.11. The van der Waals surface area contributed by atoms with Crippen LogP contribution in [0.1, 0.15) is 17.4 Å². The molecule has 0 aliphatic rings. The summed E-state index contributed by atoms with van der Waals surface area (Å²) < 4.78 is 4.87. The zero-order valence-corrected chi connectivity index (χ0v) is 9.43. The molecule has 0 unspecified atom stereocenters. The van der Waals surface area contributed by atoms with Crippen molar-refractivity contribution in [2.45, 2.75) is 6.92 Å². The van der Waals surface area contributed by atoms with Crippen molar-refractivity contribution >= 4 is 19.3 Å². The van der Waals surface area contributed by atoms with Crippen LogP contribution in [0, 0.1) is 0 Å². The molecular formula is C12H11BN2O2. The fourth-order valence-electron chi connectivity index (χ4n) is 1.44. The molecule has 2 radical (unpaired) electrons. The van der Waals surface area contributed by atoms with E-state index in [1.165, 1.54) is 0 Å². The number of nitrogens with zero attached hydrogens (tertiary/aromatic N) is 1. The Labute approximate surface area is 100 Å². The number of carbonyl (C=O) groups is 1. The largest absolute Gasteiger partial charge is 0.461 e. The second kappa shape index (κ2) is 4.87. The SMILES string of the molecule is [B]c1ccc(-c2cc(C(=O)OCC)[nH]n2)cc1. The predicted octanol–water partition coefficient (Wildman–Crippen LogP) is 1.05. The molecule has 0 fully saturated rings. The predicted molar refractivity (Wildman–Crippen MR) is 65.4 cm³/mol. The first-order chi connectivity index (χ1) is 8.20. The zero-order chi connectivity index (χ0) is 12.3. The number of benzene rings is 1. The van der Waals surface area contributed by atoms with E-state index in [-0.39, 0.29) is 0 Å². The minimum atomic E-state index is -0.401. The Morgan fingerprint density at radius 2 is 2.12 bits per heavy atom. The Kier molecular flexibility index (Phi) is 3.28. The third-order valence-corrected chi connectivity index (χ3v) is 2.28. The van der Waals surface area contributed by atoms with Crippen molar-refractivity contribution < 1.29 is 9.53 Å². The molecule has 84 valence electrons. The molecule has 1 aromatic carbocycles. The summed E-state index contributed by atoms with van der Waals surface area (Å²) in [5.41, 5.74) is 2.62. The van der Waals surface area contributed by atoms with Crippen molar-refractivity contribution in [1.29, 1.82) is 0 Å². The summed E-state index contributed by atoms with van der Waals surface area (Å²) in [6, 6.07) is 8.92. The summed E-state index contributed by atoms with van der Waals surface area (Å²) in [4.78, 5) is 11.4. The van der Waals surface area contributed by atoms with Gasteiger partial charge in [-0.3, -0.25) is 5.10 Å². The minimum Gasteiger partial charge on any atom is -0.461 e. The van der Waals surface area contributed by atoms with Crippen LogP contribution < -0.4 is 5.46 Å². The Morgan fingerprint density at radius 1 is 1.41 bits per heavy atom. The Hall–Kier alpha value is -2.04. The lowest BCUT2D eigenvalue weighted by Gasteiger charge is -1.97. The van der Waals surface area contributed by atoms with Crippen LogP contribution in [0.2, 0.25) is 0 Å². The van der Waals surface area contributed by atoms with Gasteiger partial charge in [0.2, 0.25) is 0 Å². The number of nitrogens with one attached hydrogen (secondary N) is 1. The molecule has 0 saturated heterocycles. The van der Waals surface area contributed by atoms with Crippen molar-refractivity contribution in [2.75, 3.05) is 6.61 Å². The van der Waals surface area contributed by atoms with Gasteiger partial charge in [0.05, 0.1) is 12.3 Å². The van der Waals surface area contributed by atoms with E-state index in [2.05, 4.69) is 10.2 Å².